The molecular formula is C17H21N3O. The van der Waals surface area contributed by atoms with Gasteiger partial charge in [0.05, 0.1) is 6.42 Å². The van der Waals surface area contributed by atoms with Crippen molar-refractivity contribution in [1.29, 1.82) is 0 Å². The third-order valence-electron chi connectivity index (χ3n) is 3.32. The number of carbonyl (C=O) groups excluding carboxylic acids is 1. The third-order valence-corrected chi connectivity index (χ3v) is 3.32. The molecule has 2 aromatic carbocycles. The summed E-state index contributed by atoms with van der Waals surface area (Å²) in [5.41, 5.74) is 10.3. The maximum Gasteiger partial charge on any atom is 0.228 e. The number of nitrogens with one attached hydrogen (secondary N) is 1. The zero-order chi connectivity index (χ0) is 15.4. The van der Waals surface area contributed by atoms with Gasteiger partial charge in [-0.3, -0.25) is 4.79 Å². The van der Waals surface area contributed by atoms with E-state index in [1.807, 2.05) is 62.3 Å². The number of aryl methyl sites for hydroxylation is 1. The van der Waals surface area contributed by atoms with Crippen LogP contribution in [0.5, 0.6) is 0 Å². The number of nitrogens with two attached hydrogens (primary N) is 1. The first-order valence-electron chi connectivity index (χ1n) is 6.88. The van der Waals surface area contributed by atoms with Crippen LogP contribution >= 0.6 is 0 Å². The number of benzene rings is 2. The Morgan fingerprint density at radius 3 is 2.57 bits per heavy atom. The van der Waals surface area contributed by atoms with Crippen molar-refractivity contribution in [2.24, 2.45) is 0 Å². The molecule has 0 aliphatic rings. The van der Waals surface area contributed by atoms with E-state index in [4.69, 9.17) is 5.73 Å². The van der Waals surface area contributed by atoms with Crippen molar-refractivity contribution in [3.8, 4) is 0 Å². The van der Waals surface area contributed by atoms with Gasteiger partial charge < -0.3 is 16.0 Å². The fourth-order valence-corrected chi connectivity index (χ4v) is 2.15. The summed E-state index contributed by atoms with van der Waals surface area (Å²) in [6, 6.07) is 13.4. The summed E-state index contributed by atoms with van der Waals surface area (Å²) in [6.45, 7) is 1.99. The van der Waals surface area contributed by atoms with Crippen molar-refractivity contribution in [1.82, 2.24) is 0 Å². The Labute approximate surface area is 125 Å². The monoisotopic (exact) mass is 283 g/mol. The second-order valence-corrected chi connectivity index (χ2v) is 5.36. The van der Waals surface area contributed by atoms with Crippen LogP contribution in [0.15, 0.2) is 42.5 Å². The van der Waals surface area contributed by atoms with Gasteiger partial charge in [0.25, 0.3) is 0 Å². The number of nitrogens with zero attached hydrogens (tertiary/aromatic N) is 1. The molecule has 0 spiro atoms. The number of rotatable bonds is 4. The van der Waals surface area contributed by atoms with Crippen molar-refractivity contribution in [3.05, 3.63) is 53.6 Å². The molecular weight excluding hydrogens is 262 g/mol. The van der Waals surface area contributed by atoms with E-state index in [2.05, 4.69) is 11.4 Å². The molecule has 0 saturated heterocycles. The van der Waals surface area contributed by atoms with E-state index in [-0.39, 0.29) is 5.91 Å². The molecule has 0 radical (unpaired) electrons. The van der Waals surface area contributed by atoms with E-state index in [0.717, 1.165) is 22.5 Å². The minimum absolute atomic E-state index is 0.0405. The second kappa shape index (κ2) is 6.31. The molecule has 0 bridgehead atoms. The van der Waals surface area contributed by atoms with E-state index in [1.165, 1.54) is 0 Å². The molecule has 0 atom stereocenters. The second-order valence-electron chi connectivity index (χ2n) is 5.36. The molecule has 0 heterocycles. The Balaban J connectivity index is 2.06. The van der Waals surface area contributed by atoms with Crippen molar-refractivity contribution >= 4 is 23.0 Å². The van der Waals surface area contributed by atoms with E-state index in [9.17, 15) is 4.79 Å². The average Bonchev–Trinajstić information content (AvgIpc) is 2.40. The smallest absolute Gasteiger partial charge is 0.228 e. The lowest BCUT2D eigenvalue weighted by Crippen LogP contribution is -2.16. The van der Waals surface area contributed by atoms with Crippen molar-refractivity contribution in [2.45, 2.75) is 13.3 Å². The maximum atomic E-state index is 12.1. The van der Waals surface area contributed by atoms with Crippen molar-refractivity contribution in [2.75, 3.05) is 30.0 Å². The van der Waals surface area contributed by atoms with Crippen LogP contribution in [-0.4, -0.2) is 20.0 Å². The molecule has 0 unspecified atom stereocenters. The standard InChI is InChI=1S/C17H21N3O/c1-12-9-15(20(2)3)7-8-16(12)19-17(21)11-13-5-4-6-14(18)10-13/h4-10H,11,18H2,1-3H3,(H,19,21). The first kappa shape index (κ1) is 14.9. The van der Waals surface area contributed by atoms with Gasteiger partial charge in [-0.05, 0) is 48.4 Å². The van der Waals surface area contributed by atoms with E-state index >= 15 is 0 Å². The highest BCUT2D eigenvalue weighted by Crippen LogP contribution is 2.21. The Bertz CT molecular complexity index is 650. The van der Waals surface area contributed by atoms with Gasteiger partial charge in [0, 0.05) is 31.2 Å². The minimum Gasteiger partial charge on any atom is -0.399 e. The van der Waals surface area contributed by atoms with E-state index in [1.54, 1.807) is 0 Å². The molecule has 0 fully saturated rings. The zero-order valence-electron chi connectivity index (χ0n) is 12.7. The molecule has 0 saturated carbocycles. The molecule has 4 nitrogen and oxygen atoms in total. The van der Waals surface area contributed by atoms with Crippen LogP contribution in [0.3, 0.4) is 0 Å². The van der Waals surface area contributed by atoms with Crippen LogP contribution in [-0.2, 0) is 11.2 Å². The van der Waals surface area contributed by atoms with Crippen LogP contribution < -0.4 is 16.0 Å². The maximum absolute atomic E-state index is 12.1. The number of carbonyl (C=O) groups is 1. The van der Waals surface area contributed by atoms with Crippen LogP contribution in [0.1, 0.15) is 11.1 Å². The highest BCUT2D eigenvalue weighted by Gasteiger charge is 2.07. The third kappa shape index (κ3) is 3.99. The van der Waals surface area contributed by atoms with E-state index in [0.29, 0.717) is 12.1 Å². The summed E-state index contributed by atoms with van der Waals surface area (Å²) in [6.07, 6.45) is 0.319. The minimum atomic E-state index is -0.0405. The zero-order valence-corrected chi connectivity index (χ0v) is 12.7. The normalized spacial score (nSPS) is 10.2. The molecule has 0 aromatic heterocycles. The van der Waals surface area contributed by atoms with Gasteiger partial charge in [-0.25, -0.2) is 0 Å². The fourth-order valence-electron chi connectivity index (χ4n) is 2.15. The number of nitrogen functional groups attached to an aromatic ring is 1. The molecule has 2 rings (SSSR count). The van der Waals surface area contributed by atoms with Gasteiger partial charge in [-0.15, -0.1) is 0 Å². The molecule has 1 amide bonds. The first-order valence-corrected chi connectivity index (χ1v) is 6.88. The first-order chi connectivity index (χ1) is 9.95. The SMILES string of the molecule is Cc1cc(N(C)C)ccc1NC(=O)Cc1cccc(N)c1. The van der Waals surface area contributed by atoms with Crippen molar-refractivity contribution < 1.29 is 4.79 Å². The number of amides is 1. The predicted molar refractivity (Wildman–Crippen MR) is 88.7 cm³/mol. The summed E-state index contributed by atoms with van der Waals surface area (Å²) in [7, 11) is 3.99. The fraction of sp³-hybridized carbons (Fsp3) is 0.235. The highest BCUT2D eigenvalue weighted by molar-refractivity contribution is 5.93. The van der Waals surface area contributed by atoms with Crippen molar-refractivity contribution in [3.63, 3.8) is 0 Å². The summed E-state index contributed by atoms with van der Waals surface area (Å²) in [4.78, 5) is 14.1. The number of hydrogen-bond acceptors (Lipinski definition) is 3. The molecule has 110 valence electrons. The van der Waals surface area contributed by atoms with Gasteiger partial charge >= 0.3 is 0 Å². The topological polar surface area (TPSA) is 58.4 Å². The lowest BCUT2D eigenvalue weighted by molar-refractivity contribution is -0.115. The quantitative estimate of drug-likeness (QED) is 0.848. The summed E-state index contributed by atoms with van der Waals surface area (Å²) < 4.78 is 0. The van der Waals surface area contributed by atoms with Gasteiger partial charge in [-0.2, -0.15) is 0 Å². The van der Waals surface area contributed by atoms with E-state index < -0.39 is 0 Å². The molecule has 2 aromatic rings. The summed E-state index contributed by atoms with van der Waals surface area (Å²) in [5.74, 6) is -0.0405. The van der Waals surface area contributed by atoms with Gasteiger partial charge in [0.15, 0.2) is 0 Å². The summed E-state index contributed by atoms with van der Waals surface area (Å²) in [5, 5.41) is 2.95. The summed E-state index contributed by atoms with van der Waals surface area (Å²) >= 11 is 0. The van der Waals surface area contributed by atoms with Crippen LogP contribution in [0.4, 0.5) is 17.1 Å². The van der Waals surface area contributed by atoms with Gasteiger partial charge in [0.1, 0.15) is 0 Å². The molecule has 0 aliphatic heterocycles. The Morgan fingerprint density at radius 2 is 1.95 bits per heavy atom. The lowest BCUT2D eigenvalue weighted by Gasteiger charge is -2.15. The molecule has 21 heavy (non-hydrogen) atoms. The average molecular weight is 283 g/mol. The van der Waals surface area contributed by atoms with Crippen LogP contribution in [0, 0.1) is 6.92 Å². The Hall–Kier alpha value is -2.49. The predicted octanol–water partition coefficient (Wildman–Crippen LogP) is 2.82. The largest absolute Gasteiger partial charge is 0.399 e. The number of hydrogen-bond donors (Lipinski definition) is 2. The van der Waals surface area contributed by atoms with Gasteiger partial charge in [0.2, 0.25) is 5.91 Å². The molecule has 0 aliphatic carbocycles. The Morgan fingerprint density at radius 1 is 1.19 bits per heavy atom. The lowest BCUT2D eigenvalue weighted by atomic mass is 10.1. The van der Waals surface area contributed by atoms with Crippen LogP contribution in [0.2, 0.25) is 0 Å². The van der Waals surface area contributed by atoms with Gasteiger partial charge in [-0.1, -0.05) is 12.1 Å². The molecule has 3 N–H and O–H groups in total. The Kier molecular flexibility index (Phi) is 4.48. The van der Waals surface area contributed by atoms with Crippen LogP contribution in [0.25, 0.3) is 0 Å². The molecule has 4 heteroatoms. The number of anilines is 3. The highest BCUT2D eigenvalue weighted by atomic mass is 16.1.